The maximum absolute atomic E-state index is 2.92. The highest BCUT2D eigenvalue weighted by Crippen LogP contribution is 2.48. The summed E-state index contributed by atoms with van der Waals surface area (Å²) < 4.78 is 0. The molecule has 4 aliphatic rings. The molecule has 4 unspecified atom stereocenters. The van der Waals surface area contributed by atoms with Gasteiger partial charge in [-0.2, -0.15) is 0 Å². The van der Waals surface area contributed by atoms with Gasteiger partial charge in [0, 0.05) is 38.3 Å². The molecule has 0 aromatic carbocycles. The topological polar surface area (TPSA) is 6.48 Å². The predicted octanol–water partition coefficient (Wildman–Crippen LogP) is 3.72. The van der Waals surface area contributed by atoms with Crippen molar-refractivity contribution in [3.8, 4) is 0 Å². The van der Waals surface area contributed by atoms with E-state index in [1.165, 1.54) is 51.9 Å². The van der Waals surface area contributed by atoms with Gasteiger partial charge in [0.05, 0.1) is 0 Å². The molecule has 0 spiro atoms. The molecule has 2 heterocycles. The Labute approximate surface area is 137 Å². The average Bonchev–Trinajstić information content (AvgIpc) is 3.14. The van der Waals surface area contributed by atoms with Crippen LogP contribution in [-0.2, 0) is 0 Å². The molecule has 4 fully saturated rings. The van der Waals surface area contributed by atoms with Crippen molar-refractivity contribution in [1.82, 2.24) is 9.80 Å². The van der Waals surface area contributed by atoms with Crippen LogP contribution in [0, 0.1) is 35.5 Å². The third-order valence-corrected chi connectivity index (χ3v) is 7.76. The summed E-state index contributed by atoms with van der Waals surface area (Å²) in [5, 5.41) is 0. The second kappa shape index (κ2) is 5.77. The largest absolute Gasteiger partial charge is 0.300 e. The molecule has 22 heavy (non-hydrogen) atoms. The normalized spacial score (nSPS) is 46.1. The standard InChI is InChI=1S/C20H36N2/c1-13(2)15-5-16-11-22(12-17(16)6-15)20-7-18-9-21(14(3)4)10-19(18)8-20/h13-20H,5-12H2,1-4H3. The third kappa shape index (κ3) is 2.65. The predicted molar refractivity (Wildman–Crippen MR) is 92.8 cm³/mol. The number of rotatable bonds is 3. The first-order chi connectivity index (χ1) is 10.5. The van der Waals surface area contributed by atoms with Gasteiger partial charge in [-0.15, -0.1) is 0 Å². The van der Waals surface area contributed by atoms with Gasteiger partial charge in [-0.1, -0.05) is 13.8 Å². The number of hydrogen-bond donors (Lipinski definition) is 0. The van der Waals surface area contributed by atoms with Crippen molar-refractivity contribution in [2.45, 2.75) is 65.5 Å². The smallest absolute Gasteiger partial charge is 0.0102 e. The van der Waals surface area contributed by atoms with E-state index in [1.807, 2.05) is 0 Å². The van der Waals surface area contributed by atoms with Crippen LogP contribution in [0.3, 0.4) is 0 Å². The second-order valence-corrected chi connectivity index (χ2v) is 9.64. The highest BCUT2D eigenvalue weighted by molar-refractivity contribution is 5.01. The fourth-order valence-electron chi connectivity index (χ4n) is 6.25. The number of nitrogens with zero attached hydrogens (tertiary/aromatic N) is 2. The lowest BCUT2D eigenvalue weighted by Gasteiger charge is -2.28. The SMILES string of the molecule is CC(C)C1CC2CN(C3CC4CN(C(C)C)CC4C3)CC2C1. The minimum absolute atomic E-state index is 0.753. The van der Waals surface area contributed by atoms with E-state index in [9.17, 15) is 0 Å². The van der Waals surface area contributed by atoms with Crippen molar-refractivity contribution in [2.24, 2.45) is 35.5 Å². The molecule has 4 rings (SSSR count). The van der Waals surface area contributed by atoms with Crippen LogP contribution in [0.1, 0.15) is 53.4 Å². The lowest BCUT2D eigenvalue weighted by atomic mass is 9.93. The summed E-state index contributed by atoms with van der Waals surface area (Å²) in [4.78, 5) is 5.64. The molecule has 0 N–H and O–H groups in total. The molecule has 0 aromatic heterocycles. The van der Waals surface area contributed by atoms with Gasteiger partial charge >= 0.3 is 0 Å². The van der Waals surface area contributed by atoms with Crippen molar-refractivity contribution in [2.75, 3.05) is 26.2 Å². The average molecular weight is 305 g/mol. The number of likely N-dealkylation sites (tertiary alicyclic amines) is 2. The fraction of sp³-hybridized carbons (Fsp3) is 1.00. The van der Waals surface area contributed by atoms with Crippen molar-refractivity contribution in [3.05, 3.63) is 0 Å². The van der Waals surface area contributed by atoms with E-state index < -0.39 is 0 Å². The van der Waals surface area contributed by atoms with Gasteiger partial charge in [0.15, 0.2) is 0 Å². The Hall–Kier alpha value is -0.0800. The lowest BCUT2D eigenvalue weighted by molar-refractivity contribution is 0.187. The summed E-state index contributed by atoms with van der Waals surface area (Å²) in [5.74, 6) is 6.04. The molecule has 2 heteroatoms. The molecule has 0 radical (unpaired) electrons. The minimum atomic E-state index is 0.753. The third-order valence-electron chi connectivity index (χ3n) is 7.76. The van der Waals surface area contributed by atoms with Crippen LogP contribution in [-0.4, -0.2) is 48.1 Å². The monoisotopic (exact) mass is 304 g/mol. The fourth-order valence-corrected chi connectivity index (χ4v) is 6.25. The van der Waals surface area contributed by atoms with Gasteiger partial charge in [-0.05, 0) is 75.0 Å². The zero-order valence-electron chi connectivity index (χ0n) is 15.2. The Morgan fingerprint density at radius 1 is 0.682 bits per heavy atom. The van der Waals surface area contributed by atoms with Gasteiger partial charge < -0.3 is 4.90 Å². The quantitative estimate of drug-likeness (QED) is 0.784. The summed E-state index contributed by atoms with van der Waals surface area (Å²) in [7, 11) is 0. The van der Waals surface area contributed by atoms with E-state index >= 15 is 0 Å². The van der Waals surface area contributed by atoms with E-state index in [0.29, 0.717) is 0 Å². The maximum Gasteiger partial charge on any atom is 0.0102 e. The van der Waals surface area contributed by atoms with E-state index in [2.05, 4.69) is 37.5 Å². The molecule has 2 nitrogen and oxygen atoms in total. The molecule has 0 bridgehead atoms. The molecule has 2 aliphatic carbocycles. The molecule has 0 amide bonds. The van der Waals surface area contributed by atoms with Crippen molar-refractivity contribution in [1.29, 1.82) is 0 Å². The van der Waals surface area contributed by atoms with Gasteiger partial charge in [0.1, 0.15) is 0 Å². The van der Waals surface area contributed by atoms with Crippen LogP contribution in [0.4, 0.5) is 0 Å². The van der Waals surface area contributed by atoms with E-state index in [4.69, 9.17) is 0 Å². The summed E-state index contributed by atoms with van der Waals surface area (Å²) in [6.07, 6.45) is 6.06. The maximum atomic E-state index is 2.92. The van der Waals surface area contributed by atoms with Crippen molar-refractivity contribution in [3.63, 3.8) is 0 Å². The van der Waals surface area contributed by atoms with Crippen LogP contribution >= 0.6 is 0 Å². The van der Waals surface area contributed by atoms with Gasteiger partial charge in [0.2, 0.25) is 0 Å². The first-order valence-corrected chi connectivity index (χ1v) is 9.99. The zero-order valence-corrected chi connectivity index (χ0v) is 15.2. The van der Waals surface area contributed by atoms with Crippen LogP contribution in [0.25, 0.3) is 0 Å². The molecular formula is C20H36N2. The van der Waals surface area contributed by atoms with E-state index in [0.717, 1.165) is 47.6 Å². The molecule has 126 valence electrons. The lowest BCUT2D eigenvalue weighted by Crippen LogP contribution is -2.35. The summed E-state index contributed by atoms with van der Waals surface area (Å²) in [6, 6.07) is 1.69. The molecular weight excluding hydrogens is 268 g/mol. The Balaban J connectivity index is 1.30. The zero-order chi connectivity index (χ0) is 15.4. The number of hydrogen-bond acceptors (Lipinski definition) is 2. The first-order valence-electron chi connectivity index (χ1n) is 9.99. The van der Waals surface area contributed by atoms with Crippen molar-refractivity contribution < 1.29 is 0 Å². The molecule has 2 aliphatic heterocycles. The van der Waals surface area contributed by atoms with Gasteiger partial charge in [-0.3, -0.25) is 4.90 Å². The Morgan fingerprint density at radius 3 is 1.64 bits per heavy atom. The van der Waals surface area contributed by atoms with Crippen LogP contribution in [0.15, 0.2) is 0 Å². The van der Waals surface area contributed by atoms with Gasteiger partial charge in [-0.25, -0.2) is 0 Å². The number of fused-ring (bicyclic) bond motifs is 2. The molecule has 2 saturated carbocycles. The van der Waals surface area contributed by atoms with E-state index in [1.54, 1.807) is 0 Å². The van der Waals surface area contributed by atoms with Crippen LogP contribution in [0.2, 0.25) is 0 Å². The molecule has 0 aromatic rings. The first kappa shape index (κ1) is 15.4. The molecule has 2 saturated heterocycles. The Morgan fingerprint density at radius 2 is 1.18 bits per heavy atom. The summed E-state index contributed by atoms with van der Waals surface area (Å²) >= 11 is 0. The minimum Gasteiger partial charge on any atom is -0.300 e. The summed E-state index contributed by atoms with van der Waals surface area (Å²) in [5.41, 5.74) is 0. The Bertz CT molecular complexity index is 339. The highest BCUT2D eigenvalue weighted by atomic mass is 15.2. The van der Waals surface area contributed by atoms with E-state index in [-0.39, 0.29) is 0 Å². The van der Waals surface area contributed by atoms with Gasteiger partial charge in [0.25, 0.3) is 0 Å². The highest BCUT2D eigenvalue weighted by Gasteiger charge is 2.48. The van der Waals surface area contributed by atoms with Crippen molar-refractivity contribution >= 4 is 0 Å². The second-order valence-electron chi connectivity index (χ2n) is 9.64. The van der Waals surface area contributed by atoms with Crippen LogP contribution < -0.4 is 0 Å². The molecule has 4 atom stereocenters. The van der Waals surface area contributed by atoms with Crippen LogP contribution in [0.5, 0.6) is 0 Å². The Kier molecular flexibility index (Phi) is 4.05. The summed E-state index contributed by atoms with van der Waals surface area (Å²) in [6.45, 7) is 15.2.